The molecular formula is C12H17N5O3. The Bertz CT molecular complexity index is 502. The number of nitro groups is 1. The van der Waals surface area contributed by atoms with Crippen molar-refractivity contribution < 1.29 is 9.72 Å². The molecule has 0 unspecified atom stereocenters. The first-order valence-electron chi connectivity index (χ1n) is 6.54. The molecule has 0 radical (unpaired) electrons. The van der Waals surface area contributed by atoms with Crippen LogP contribution in [0.2, 0.25) is 0 Å². The molecule has 0 aromatic carbocycles. The van der Waals surface area contributed by atoms with Crippen molar-refractivity contribution in [3.05, 3.63) is 28.4 Å². The molecule has 0 saturated heterocycles. The number of hydrazine groups is 1. The number of nitrogens with two attached hydrogens (primary N) is 1. The highest BCUT2D eigenvalue weighted by atomic mass is 16.6. The molecular weight excluding hydrogens is 262 g/mol. The van der Waals surface area contributed by atoms with Gasteiger partial charge in [-0.05, 0) is 18.9 Å². The monoisotopic (exact) mass is 279 g/mol. The SMILES string of the molecule is NC(=O)N(Nc1ncccc1[N+](=O)[O-])C1CCCCC1. The van der Waals surface area contributed by atoms with Crippen molar-refractivity contribution in [1.82, 2.24) is 9.99 Å². The molecule has 1 aromatic rings. The lowest BCUT2D eigenvalue weighted by molar-refractivity contribution is -0.384. The highest BCUT2D eigenvalue weighted by Crippen LogP contribution is 2.26. The van der Waals surface area contributed by atoms with Crippen LogP contribution in [0.25, 0.3) is 0 Å². The molecule has 8 nitrogen and oxygen atoms in total. The zero-order chi connectivity index (χ0) is 14.5. The predicted octanol–water partition coefficient (Wildman–Crippen LogP) is 2.03. The number of carbonyl (C=O) groups excluding carboxylic acids is 1. The third kappa shape index (κ3) is 3.14. The Balaban J connectivity index is 2.20. The predicted molar refractivity (Wildman–Crippen MR) is 72.8 cm³/mol. The van der Waals surface area contributed by atoms with E-state index in [2.05, 4.69) is 10.4 Å². The van der Waals surface area contributed by atoms with Crippen molar-refractivity contribution in [2.75, 3.05) is 5.43 Å². The van der Waals surface area contributed by atoms with Crippen LogP contribution in [0.1, 0.15) is 32.1 Å². The first-order valence-corrected chi connectivity index (χ1v) is 6.54. The number of hydrogen-bond acceptors (Lipinski definition) is 5. The summed E-state index contributed by atoms with van der Waals surface area (Å²) in [7, 11) is 0. The van der Waals surface area contributed by atoms with Crippen LogP contribution in [-0.2, 0) is 0 Å². The number of aromatic nitrogens is 1. The molecule has 0 aliphatic heterocycles. The average Bonchev–Trinajstić information content (AvgIpc) is 2.45. The molecule has 0 bridgehead atoms. The Hall–Kier alpha value is -2.38. The van der Waals surface area contributed by atoms with Crippen molar-refractivity contribution in [1.29, 1.82) is 0 Å². The number of amides is 2. The summed E-state index contributed by atoms with van der Waals surface area (Å²) in [5.41, 5.74) is 7.89. The molecule has 1 aliphatic carbocycles. The second kappa shape index (κ2) is 6.18. The molecule has 1 fully saturated rings. The van der Waals surface area contributed by atoms with Gasteiger partial charge in [-0.25, -0.2) is 14.8 Å². The molecule has 1 saturated carbocycles. The van der Waals surface area contributed by atoms with Gasteiger partial charge in [0, 0.05) is 12.3 Å². The minimum atomic E-state index is -0.656. The van der Waals surface area contributed by atoms with Gasteiger partial charge in [0.2, 0.25) is 5.82 Å². The molecule has 2 rings (SSSR count). The number of anilines is 1. The quantitative estimate of drug-likeness (QED) is 0.646. The minimum Gasteiger partial charge on any atom is -0.350 e. The Morgan fingerprint density at radius 1 is 1.45 bits per heavy atom. The first kappa shape index (κ1) is 14.0. The lowest BCUT2D eigenvalue weighted by Gasteiger charge is -2.32. The summed E-state index contributed by atoms with van der Waals surface area (Å²) in [6.07, 6.45) is 6.25. The second-order valence-corrected chi connectivity index (χ2v) is 4.74. The molecule has 0 spiro atoms. The van der Waals surface area contributed by atoms with Gasteiger partial charge in [-0.2, -0.15) is 0 Å². The highest BCUT2D eigenvalue weighted by Gasteiger charge is 2.26. The number of carbonyl (C=O) groups is 1. The number of nitrogens with zero attached hydrogens (tertiary/aromatic N) is 3. The van der Waals surface area contributed by atoms with Gasteiger partial charge < -0.3 is 5.73 Å². The standard InChI is InChI=1S/C12H17N5O3/c13-12(18)16(9-5-2-1-3-6-9)15-11-10(17(19)20)7-4-8-14-11/h4,7-9H,1-3,5-6H2,(H2,13,18)(H,14,15). The van der Waals surface area contributed by atoms with Gasteiger partial charge in [-0.3, -0.25) is 15.5 Å². The number of rotatable bonds is 4. The Labute approximate surface area is 116 Å². The van der Waals surface area contributed by atoms with Crippen molar-refractivity contribution in [3.8, 4) is 0 Å². The number of nitrogens with one attached hydrogen (secondary N) is 1. The fourth-order valence-corrected chi connectivity index (χ4v) is 2.41. The van der Waals surface area contributed by atoms with E-state index >= 15 is 0 Å². The zero-order valence-corrected chi connectivity index (χ0v) is 11.0. The Morgan fingerprint density at radius 3 is 2.75 bits per heavy atom. The van der Waals surface area contributed by atoms with E-state index in [1.165, 1.54) is 23.3 Å². The van der Waals surface area contributed by atoms with E-state index in [4.69, 9.17) is 5.73 Å². The number of urea groups is 1. The molecule has 0 atom stereocenters. The molecule has 1 heterocycles. The van der Waals surface area contributed by atoms with Gasteiger partial charge in [0.1, 0.15) is 0 Å². The van der Waals surface area contributed by atoms with Gasteiger partial charge in [-0.15, -0.1) is 0 Å². The van der Waals surface area contributed by atoms with Gasteiger partial charge in [0.25, 0.3) is 0 Å². The summed E-state index contributed by atoms with van der Waals surface area (Å²) in [4.78, 5) is 25.9. The largest absolute Gasteiger partial charge is 0.350 e. The first-order chi connectivity index (χ1) is 9.59. The third-order valence-corrected chi connectivity index (χ3v) is 3.39. The Morgan fingerprint density at radius 2 is 2.15 bits per heavy atom. The van der Waals surface area contributed by atoms with Crippen LogP contribution in [0.4, 0.5) is 16.3 Å². The maximum atomic E-state index is 11.6. The average molecular weight is 279 g/mol. The lowest BCUT2D eigenvalue weighted by Crippen LogP contribution is -2.48. The molecule has 108 valence electrons. The van der Waals surface area contributed by atoms with E-state index in [1.807, 2.05) is 0 Å². The lowest BCUT2D eigenvalue weighted by atomic mass is 9.95. The highest BCUT2D eigenvalue weighted by molar-refractivity contribution is 5.74. The molecule has 20 heavy (non-hydrogen) atoms. The summed E-state index contributed by atoms with van der Waals surface area (Å²) >= 11 is 0. The van der Waals surface area contributed by atoms with Crippen LogP contribution < -0.4 is 11.2 Å². The van der Waals surface area contributed by atoms with Crippen LogP contribution in [0.3, 0.4) is 0 Å². The summed E-state index contributed by atoms with van der Waals surface area (Å²) < 4.78 is 0. The van der Waals surface area contributed by atoms with Crippen molar-refractivity contribution in [3.63, 3.8) is 0 Å². The number of pyridine rings is 1. The fourth-order valence-electron chi connectivity index (χ4n) is 2.41. The van der Waals surface area contributed by atoms with Crippen LogP contribution in [-0.4, -0.2) is 27.0 Å². The van der Waals surface area contributed by atoms with E-state index < -0.39 is 11.0 Å². The summed E-state index contributed by atoms with van der Waals surface area (Å²) in [6, 6.07) is 2.09. The van der Waals surface area contributed by atoms with Gasteiger partial charge in [-0.1, -0.05) is 19.3 Å². The zero-order valence-electron chi connectivity index (χ0n) is 11.0. The van der Waals surface area contributed by atoms with E-state index in [0.717, 1.165) is 32.1 Å². The maximum absolute atomic E-state index is 11.6. The minimum absolute atomic E-state index is 0.0295. The van der Waals surface area contributed by atoms with Crippen LogP contribution in [0.5, 0.6) is 0 Å². The topological polar surface area (TPSA) is 114 Å². The summed E-state index contributed by atoms with van der Waals surface area (Å²) in [6.45, 7) is 0. The molecule has 8 heteroatoms. The summed E-state index contributed by atoms with van der Waals surface area (Å²) in [5.74, 6) is 0.0295. The smallest absolute Gasteiger partial charge is 0.333 e. The van der Waals surface area contributed by atoms with Gasteiger partial charge in [0.15, 0.2) is 0 Å². The maximum Gasteiger partial charge on any atom is 0.333 e. The van der Waals surface area contributed by atoms with Gasteiger partial charge >= 0.3 is 11.7 Å². The van der Waals surface area contributed by atoms with E-state index in [1.54, 1.807) is 0 Å². The van der Waals surface area contributed by atoms with Crippen molar-refractivity contribution in [2.24, 2.45) is 5.73 Å². The Kier molecular flexibility index (Phi) is 4.34. The van der Waals surface area contributed by atoms with Gasteiger partial charge in [0.05, 0.1) is 11.0 Å². The molecule has 1 aromatic heterocycles. The molecule has 2 amide bonds. The molecule has 3 N–H and O–H groups in total. The third-order valence-electron chi connectivity index (χ3n) is 3.39. The van der Waals surface area contributed by atoms with Crippen molar-refractivity contribution in [2.45, 2.75) is 38.1 Å². The van der Waals surface area contributed by atoms with Crippen LogP contribution in [0, 0.1) is 10.1 Å². The van der Waals surface area contributed by atoms with E-state index in [-0.39, 0.29) is 17.5 Å². The van der Waals surface area contributed by atoms with E-state index in [0.29, 0.717) is 0 Å². The number of primary amides is 1. The normalized spacial score (nSPS) is 15.6. The summed E-state index contributed by atoms with van der Waals surface area (Å²) in [5, 5.41) is 12.2. The van der Waals surface area contributed by atoms with Crippen molar-refractivity contribution >= 4 is 17.5 Å². The van der Waals surface area contributed by atoms with Crippen LogP contribution in [0.15, 0.2) is 18.3 Å². The number of hydrogen-bond donors (Lipinski definition) is 2. The van der Waals surface area contributed by atoms with Crippen LogP contribution >= 0.6 is 0 Å². The molecule has 1 aliphatic rings. The fraction of sp³-hybridized carbons (Fsp3) is 0.500. The second-order valence-electron chi connectivity index (χ2n) is 4.74. The van der Waals surface area contributed by atoms with E-state index in [9.17, 15) is 14.9 Å².